The smallest absolute Gasteiger partial charge is 0.107 e. The van der Waals surface area contributed by atoms with Crippen molar-refractivity contribution in [1.82, 2.24) is 15.4 Å². The molecular weight excluding hydrogens is 188 g/mol. The van der Waals surface area contributed by atoms with Gasteiger partial charge in [0.15, 0.2) is 0 Å². The Hall–Kier alpha value is -1.96. The van der Waals surface area contributed by atoms with Crippen molar-refractivity contribution in [1.29, 1.82) is 0 Å². The zero-order valence-electron chi connectivity index (χ0n) is 8.01. The van der Waals surface area contributed by atoms with E-state index in [2.05, 4.69) is 21.3 Å². The van der Waals surface area contributed by atoms with Gasteiger partial charge in [0.2, 0.25) is 0 Å². The molecule has 74 valence electrons. The summed E-state index contributed by atoms with van der Waals surface area (Å²) in [5.41, 5.74) is 5.11. The zero-order chi connectivity index (χ0) is 10.7. The summed E-state index contributed by atoms with van der Waals surface area (Å²) in [4.78, 5) is 8.36. The SMILES string of the molecule is C#CC(NN)c1ccc2nccnc2c1. The van der Waals surface area contributed by atoms with Gasteiger partial charge in [0.1, 0.15) is 6.04 Å². The Morgan fingerprint density at radius 1 is 1.27 bits per heavy atom. The number of hydrogen-bond donors (Lipinski definition) is 2. The summed E-state index contributed by atoms with van der Waals surface area (Å²) in [6.07, 6.45) is 8.63. The van der Waals surface area contributed by atoms with Crippen LogP contribution in [0.5, 0.6) is 0 Å². The maximum atomic E-state index is 5.33. The molecule has 2 aromatic rings. The molecule has 3 N–H and O–H groups in total. The predicted molar refractivity (Wildman–Crippen MR) is 58.4 cm³/mol. The van der Waals surface area contributed by atoms with E-state index in [1.165, 1.54) is 0 Å². The van der Waals surface area contributed by atoms with Crippen molar-refractivity contribution in [2.45, 2.75) is 6.04 Å². The molecule has 0 amide bonds. The maximum absolute atomic E-state index is 5.33. The van der Waals surface area contributed by atoms with Crippen LogP contribution in [0, 0.1) is 12.3 Å². The van der Waals surface area contributed by atoms with Crippen LogP contribution >= 0.6 is 0 Å². The van der Waals surface area contributed by atoms with Gasteiger partial charge in [0.05, 0.1) is 11.0 Å². The summed E-state index contributed by atoms with van der Waals surface area (Å²) in [5, 5.41) is 0. The fraction of sp³-hybridized carbons (Fsp3) is 0.0909. The van der Waals surface area contributed by atoms with Crippen LogP contribution in [-0.4, -0.2) is 9.97 Å². The molecular formula is C11H10N4. The van der Waals surface area contributed by atoms with Crippen molar-refractivity contribution in [2.24, 2.45) is 5.84 Å². The number of nitrogens with zero attached hydrogens (tertiary/aromatic N) is 2. The summed E-state index contributed by atoms with van der Waals surface area (Å²) >= 11 is 0. The second-order valence-corrected chi connectivity index (χ2v) is 3.07. The van der Waals surface area contributed by atoms with Gasteiger partial charge in [-0.3, -0.25) is 15.8 Å². The van der Waals surface area contributed by atoms with Gasteiger partial charge in [-0.2, -0.15) is 0 Å². The zero-order valence-corrected chi connectivity index (χ0v) is 8.01. The van der Waals surface area contributed by atoms with E-state index in [1.807, 2.05) is 18.2 Å². The quantitative estimate of drug-likeness (QED) is 0.425. The highest BCUT2D eigenvalue weighted by Gasteiger charge is 2.06. The Morgan fingerprint density at radius 2 is 2.00 bits per heavy atom. The van der Waals surface area contributed by atoms with E-state index >= 15 is 0 Å². The van der Waals surface area contributed by atoms with Crippen LogP contribution in [0.3, 0.4) is 0 Å². The van der Waals surface area contributed by atoms with Crippen LogP contribution in [0.4, 0.5) is 0 Å². The third-order valence-corrected chi connectivity index (χ3v) is 2.16. The Balaban J connectivity index is 2.52. The predicted octanol–water partition coefficient (Wildman–Crippen LogP) is 0.767. The number of nitrogens with two attached hydrogens (primary N) is 1. The average Bonchev–Trinajstić information content (AvgIpc) is 2.30. The molecule has 0 aliphatic rings. The number of aromatic nitrogens is 2. The third kappa shape index (κ3) is 1.79. The van der Waals surface area contributed by atoms with Crippen molar-refractivity contribution in [3.63, 3.8) is 0 Å². The molecule has 0 bridgehead atoms. The molecule has 4 nitrogen and oxygen atoms in total. The second kappa shape index (κ2) is 4.05. The van der Waals surface area contributed by atoms with Crippen molar-refractivity contribution in [3.8, 4) is 12.3 Å². The lowest BCUT2D eigenvalue weighted by molar-refractivity contribution is 0.674. The summed E-state index contributed by atoms with van der Waals surface area (Å²) in [6.45, 7) is 0. The fourth-order valence-electron chi connectivity index (χ4n) is 1.40. The molecule has 15 heavy (non-hydrogen) atoms. The number of terminal acetylenes is 1. The Bertz CT molecular complexity index is 515. The number of rotatable bonds is 2. The van der Waals surface area contributed by atoms with Gasteiger partial charge in [-0.05, 0) is 17.7 Å². The molecule has 0 spiro atoms. The van der Waals surface area contributed by atoms with Gasteiger partial charge in [-0.1, -0.05) is 12.0 Å². The van der Waals surface area contributed by atoms with Crippen molar-refractivity contribution >= 4 is 11.0 Å². The van der Waals surface area contributed by atoms with Crippen molar-refractivity contribution in [2.75, 3.05) is 0 Å². The Kier molecular flexibility index (Phi) is 2.59. The highest BCUT2D eigenvalue weighted by atomic mass is 15.2. The molecule has 1 aromatic heterocycles. The summed E-state index contributed by atoms with van der Waals surface area (Å²) in [6, 6.07) is 5.35. The molecule has 0 radical (unpaired) electrons. The standard InChI is InChI=1S/C11H10N4/c1-2-9(15-12)8-3-4-10-11(7-8)14-6-5-13-10/h1,3-7,9,15H,12H2. The number of benzene rings is 1. The van der Waals surface area contributed by atoms with Gasteiger partial charge in [-0.25, -0.2) is 5.43 Å². The normalized spacial score (nSPS) is 12.3. The largest absolute Gasteiger partial charge is 0.270 e. The van der Waals surface area contributed by atoms with E-state index < -0.39 is 0 Å². The first-order valence-electron chi connectivity index (χ1n) is 4.48. The summed E-state index contributed by atoms with van der Waals surface area (Å²) in [7, 11) is 0. The van der Waals surface area contributed by atoms with E-state index in [4.69, 9.17) is 12.3 Å². The summed E-state index contributed by atoms with van der Waals surface area (Å²) in [5.74, 6) is 7.88. The number of nitrogens with one attached hydrogen (secondary N) is 1. The minimum absolute atomic E-state index is 0.295. The second-order valence-electron chi connectivity index (χ2n) is 3.07. The monoisotopic (exact) mass is 198 g/mol. The molecule has 4 heteroatoms. The van der Waals surface area contributed by atoms with Gasteiger partial charge in [0, 0.05) is 12.4 Å². The first-order chi connectivity index (χ1) is 7.35. The van der Waals surface area contributed by atoms with Gasteiger partial charge in [-0.15, -0.1) is 6.42 Å². The lowest BCUT2D eigenvalue weighted by atomic mass is 10.1. The van der Waals surface area contributed by atoms with E-state index in [1.54, 1.807) is 12.4 Å². The maximum Gasteiger partial charge on any atom is 0.107 e. The molecule has 1 atom stereocenters. The van der Waals surface area contributed by atoms with Gasteiger partial charge >= 0.3 is 0 Å². The lowest BCUT2D eigenvalue weighted by Crippen LogP contribution is -2.26. The lowest BCUT2D eigenvalue weighted by Gasteiger charge is -2.09. The number of hydrazine groups is 1. The van der Waals surface area contributed by atoms with Crippen LogP contribution in [0.25, 0.3) is 11.0 Å². The molecule has 1 unspecified atom stereocenters. The van der Waals surface area contributed by atoms with Crippen LogP contribution in [0.2, 0.25) is 0 Å². The topological polar surface area (TPSA) is 63.8 Å². The number of hydrogen-bond acceptors (Lipinski definition) is 4. The average molecular weight is 198 g/mol. The third-order valence-electron chi connectivity index (χ3n) is 2.16. The van der Waals surface area contributed by atoms with Crippen molar-refractivity contribution < 1.29 is 0 Å². The highest BCUT2D eigenvalue weighted by molar-refractivity contribution is 5.74. The van der Waals surface area contributed by atoms with Crippen LogP contribution in [-0.2, 0) is 0 Å². The molecule has 0 aliphatic heterocycles. The minimum atomic E-state index is -0.295. The van der Waals surface area contributed by atoms with Crippen LogP contribution in [0.1, 0.15) is 11.6 Å². The molecule has 0 saturated carbocycles. The summed E-state index contributed by atoms with van der Waals surface area (Å²) < 4.78 is 0. The Morgan fingerprint density at radius 3 is 2.67 bits per heavy atom. The minimum Gasteiger partial charge on any atom is -0.270 e. The molecule has 1 heterocycles. The Labute approximate surface area is 87.5 Å². The van der Waals surface area contributed by atoms with Gasteiger partial charge < -0.3 is 0 Å². The molecule has 2 rings (SSSR count). The van der Waals surface area contributed by atoms with E-state index in [-0.39, 0.29) is 6.04 Å². The molecule has 0 aliphatic carbocycles. The molecule has 0 saturated heterocycles. The van der Waals surface area contributed by atoms with Crippen molar-refractivity contribution in [3.05, 3.63) is 36.2 Å². The van der Waals surface area contributed by atoms with Gasteiger partial charge in [0.25, 0.3) is 0 Å². The number of fused-ring (bicyclic) bond motifs is 1. The van der Waals surface area contributed by atoms with E-state index in [0.717, 1.165) is 16.6 Å². The first-order valence-corrected chi connectivity index (χ1v) is 4.48. The van der Waals surface area contributed by atoms with Crippen LogP contribution < -0.4 is 11.3 Å². The highest BCUT2D eigenvalue weighted by Crippen LogP contribution is 2.16. The van der Waals surface area contributed by atoms with Crippen LogP contribution in [0.15, 0.2) is 30.6 Å². The fourth-order valence-corrected chi connectivity index (χ4v) is 1.40. The van der Waals surface area contributed by atoms with E-state index in [9.17, 15) is 0 Å². The molecule has 1 aromatic carbocycles. The first kappa shape index (κ1) is 9.59. The molecule has 0 fully saturated rings. The van der Waals surface area contributed by atoms with E-state index in [0.29, 0.717) is 0 Å².